The fourth-order valence-corrected chi connectivity index (χ4v) is 3.28. The molecule has 12 heteroatoms. The van der Waals surface area contributed by atoms with Crippen LogP contribution in [0.4, 0.5) is 13.2 Å². The summed E-state index contributed by atoms with van der Waals surface area (Å²) in [6, 6.07) is 10.6. The van der Waals surface area contributed by atoms with Crippen LogP contribution in [0.15, 0.2) is 48.7 Å². The average molecular weight is 500 g/mol. The van der Waals surface area contributed by atoms with E-state index < -0.39 is 29.4 Å². The number of aromatic nitrogens is 2. The van der Waals surface area contributed by atoms with Crippen molar-refractivity contribution in [2.75, 3.05) is 27.4 Å². The van der Waals surface area contributed by atoms with E-state index in [2.05, 4.69) is 10.4 Å². The molecule has 1 aromatic heterocycles. The van der Waals surface area contributed by atoms with Crippen molar-refractivity contribution in [2.45, 2.75) is 12.3 Å². The topological polar surface area (TPSA) is 94.8 Å². The molecule has 1 amide bonds. The van der Waals surface area contributed by atoms with E-state index in [1.54, 1.807) is 18.2 Å². The highest BCUT2D eigenvalue weighted by Gasteiger charge is 2.40. The molecule has 34 heavy (non-hydrogen) atoms. The van der Waals surface area contributed by atoms with Crippen LogP contribution in [-0.2, 0) is 6.18 Å². The minimum Gasteiger partial charge on any atom is -0.493 e. The zero-order valence-electron chi connectivity index (χ0n) is 18.1. The number of para-hydroxylation sites is 1. The highest BCUT2D eigenvalue weighted by atomic mass is 35.5. The monoisotopic (exact) mass is 499 g/mol. The van der Waals surface area contributed by atoms with Gasteiger partial charge in [-0.3, -0.25) is 4.79 Å². The molecule has 2 aromatic carbocycles. The predicted molar refractivity (Wildman–Crippen MR) is 117 cm³/mol. The van der Waals surface area contributed by atoms with Gasteiger partial charge in [0.1, 0.15) is 12.7 Å². The number of nitrogens with zero attached hydrogens (tertiary/aromatic N) is 2. The molecule has 3 aromatic rings. The average Bonchev–Trinajstić information content (AvgIpc) is 3.27. The molecule has 0 aliphatic rings. The second-order valence-corrected chi connectivity index (χ2v) is 7.40. The Labute approximate surface area is 197 Å². The van der Waals surface area contributed by atoms with Crippen molar-refractivity contribution in [3.63, 3.8) is 0 Å². The van der Waals surface area contributed by atoms with Gasteiger partial charge in [0.2, 0.25) is 5.75 Å². The lowest BCUT2D eigenvalue weighted by Gasteiger charge is -2.17. The van der Waals surface area contributed by atoms with Gasteiger partial charge in [0, 0.05) is 11.6 Å². The molecule has 1 heterocycles. The lowest BCUT2D eigenvalue weighted by molar-refractivity contribution is -0.143. The molecule has 2 N–H and O–H groups in total. The summed E-state index contributed by atoms with van der Waals surface area (Å²) in [5, 5.41) is 16.4. The Hall–Kier alpha value is -3.44. The fourth-order valence-electron chi connectivity index (χ4n) is 3.09. The number of hydrogen-bond donors (Lipinski definition) is 2. The van der Waals surface area contributed by atoms with Gasteiger partial charge >= 0.3 is 6.18 Å². The predicted octanol–water partition coefficient (Wildman–Crippen LogP) is 3.73. The molecule has 0 saturated carbocycles. The number of rotatable bonds is 9. The van der Waals surface area contributed by atoms with E-state index in [0.717, 1.165) is 6.20 Å². The third-order valence-electron chi connectivity index (χ3n) is 4.64. The van der Waals surface area contributed by atoms with Crippen molar-refractivity contribution in [1.29, 1.82) is 0 Å². The maximum Gasteiger partial charge on any atom is 0.434 e. The van der Waals surface area contributed by atoms with Crippen LogP contribution < -0.4 is 19.5 Å². The van der Waals surface area contributed by atoms with E-state index in [1.165, 1.54) is 38.5 Å². The number of ether oxygens (including phenoxy) is 3. The Morgan fingerprint density at radius 1 is 1.18 bits per heavy atom. The summed E-state index contributed by atoms with van der Waals surface area (Å²) in [7, 11) is 2.86. The number of halogens is 4. The number of aliphatic hydroxyl groups is 1. The normalized spacial score (nSPS) is 12.2. The molecule has 1 unspecified atom stereocenters. The van der Waals surface area contributed by atoms with E-state index in [9.17, 15) is 23.1 Å². The quantitative estimate of drug-likeness (QED) is 0.466. The van der Waals surface area contributed by atoms with E-state index in [-0.39, 0.29) is 29.6 Å². The first-order chi connectivity index (χ1) is 16.2. The van der Waals surface area contributed by atoms with Crippen LogP contribution in [-0.4, -0.2) is 54.3 Å². The van der Waals surface area contributed by atoms with Gasteiger partial charge < -0.3 is 24.6 Å². The van der Waals surface area contributed by atoms with Gasteiger partial charge in [0.05, 0.1) is 31.7 Å². The summed E-state index contributed by atoms with van der Waals surface area (Å²) in [5.74, 6) is -0.104. The fraction of sp³-hybridized carbons (Fsp3) is 0.273. The van der Waals surface area contributed by atoms with Gasteiger partial charge in [-0.25, -0.2) is 4.68 Å². The first-order valence-electron chi connectivity index (χ1n) is 9.87. The van der Waals surface area contributed by atoms with Crippen LogP contribution in [0.25, 0.3) is 5.69 Å². The molecule has 0 fully saturated rings. The van der Waals surface area contributed by atoms with E-state index in [4.69, 9.17) is 25.8 Å². The maximum absolute atomic E-state index is 13.8. The van der Waals surface area contributed by atoms with Crippen molar-refractivity contribution < 1.29 is 37.3 Å². The maximum atomic E-state index is 13.8. The zero-order chi connectivity index (χ0) is 24.9. The molecule has 0 bridgehead atoms. The Morgan fingerprint density at radius 2 is 1.82 bits per heavy atom. The largest absolute Gasteiger partial charge is 0.493 e. The van der Waals surface area contributed by atoms with Gasteiger partial charge in [-0.05, 0) is 30.3 Å². The van der Waals surface area contributed by atoms with Gasteiger partial charge in [-0.1, -0.05) is 23.7 Å². The number of carbonyl (C=O) groups is 1. The summed E-state index contributed by atoms with van der Waals surface area (Å²) < 4.78 is 57.8. The minimum atomic E-state index is -4.88. The zero-order valence-corrected chi connectivity index (χ0v) is 18.9. The molecule has 3 rings (SSSR count). The van der Waals surface area contributed by atoms with Crippen molar-refractivity contribution in [1.82, 2.24) is 15.1 Å². The van der Waals surface area contributed by atoms with Crippen LogP contribution >= 0.6 is 11.6 Å². The standard InChI is InChI=1S/C22H21ClF3N3O5/c1-32-17-7-4-8-18(33-2)19(17)34-12-15(30)10-27-21(31)16-11-28-29(20(16)22(24,25)26)14-6-3-5-13(23)9-14/h3-9,11,15,30H,10,12H2,1-2H3,(H,27,31). The molecular weight excluding hydrogens is 479 g/mol. The Kier molecular flexibility index (Phi) is 7.90. The molecule has 0 saturated heterocycles. The highest BCUT2D eigenvalue weighted by molar-refractivity contribution is 6.30. The van der Waals surface area contributed by atoms with Gasteiger partial charge in [-0.2, -0.15) is 18.3 Å². The second-order valence-electron chi connectivity index (χ2n) is 6.96. The molecule has 0 radical (unpaired) electrons. The van der Waals surface area contributed by atoms with Crippen molar-refractivity contribution in [3.05, 3.63) is 64.9 Å². The van der Waals surface area contributed by atoms with Gasteiger partial charge in [0.15, 0.2) is 17.2 Å². The number of carbonyl (C=O) groups excluding carboxylic acids is 1. The van der Waals surface area contributed by atoms with Crippen LogP contribution in [0, 0.1) is 0 Å². The number of amides is 1. The summed E-state index contributed by atoms with van der Waals surface area (Å²) in [6.07, 6.45) is -5.31. The molecule has 0 aliphatic heterocycles. The van der Waals surface area contributed by atoms with Crippen LogP contribution in [0.2, 0.25) is 5.02 Å². The minimum absolute atomic E-state index is 0.0399. The summed E-state index contributed by atoms with van der Waals surface area (Å²) in [4.78, 5) is 12.5. The summed E-state index contributed by atoms with van der Waals surface area (Å²) in [6.45, 7) is -0.666. The Bertz CT molecular complexity index is 1130. The van der Waals surface area contributed by atoms with Crippen molar-refractivity contribution >= 4 is 17.5 Å². The van der Waals surface area contributed by atoms with Crippen LogP contribution in [0.1, 0.15) is 16.1 Å². The number of hydrogen-bond acceptors (Lipinski definition) is 6. The Balaban J connectivity index is 1.71. The number of nitrogens with one attached hydrogen (secondary N) is 1. The molecule has 1 atom stereocenters. The first kappa shape index (κ1) is 25.2. The SMILES string of the molecule is COc1cccc(OC)c1OCC(O)CNC(=O)c1cnn(-c2cccc(Cl)c2)c1C(F)(F)F. The lowest BCUT2D eigenvalue weighted by atomic mass is 10.2. The van der Waals surface area contributed by atoms with Gasteiger partial charge in [0.25, 0.3) is 5.91 Å². The third-order valence-corrected chi connectivity index (χ3v) is 4.87. The highest BCUT2D eigenvalue weighted by Crippen LogP contribution is 2.37. The second kappa shape index (κ2) is 10.7. The van der Waals surface area contributed by atoms with E-state index >= 15 is 0 Å². The van der Waals surface area contributed by atoms with E-state index in [0.29, 0.717) is 16.2 Å². The molecule has 0 spiro atoms. The smallest absolute Gasteiger partial charge is 0.434 e. The summed E-state index contributed by atoms with van der Waals surface area (Å²) >= 11 is 5.87. The van der Waals surface area contributed by atoms with Crippen LogP contribution in [0.3, 0.4) is 0 Å². The first-order valence-corrected chi connectivity index (χ1v) is 10.2. The third kappa shape index (κ3) is 5.72. The molecule has 8 nitrogen and oxygen atoms in total. The van der Waals surface area contributed by atoms with Crippen LogP contribution in [0.5, 0.6) is 17.2 Å². The van der Waals surface area contributed by atoms with Gasteiger partial charge in [-0.15, -0.1) is 0 Å². The number of benzene rings is 2. The lowest BCUT2D eigenvalue weighted by Crippen LogP contribution is -2.36. The van der Waals surface area contributed by atoms with Crippen molar-refractivity contribution in [2.24, 2.45) is 0 Å². The molecular formula is C22H21ClF3N3O5. The molecule has 0 aliphatic carbocycles. The van der Waals surface area contributed by atoms with E-state index in [1.807, 2.05) is 0 Å². The van der Waals surface area contributed by atoms with Crippen molar-refractivity contribution in [3.8, 4) is 22.9 Å². The molecule has 182 valence electrons. The summed E-state index contributed by atoms with van der Waals surface area (Å²) in [5.41, 5.74) is -1.93. The number of aliphatic hydroxyl groups excluding tert-OH is 1. The Morgan fingerprint density at radius 3 is 2.41 bits per heavy atom. The number of methoxy groups -OCH3 is 2. The number of alkyl halides is 3.